The Kier molecular flexibility index (Phi) is 4.19. The number of aromatic nitrogens is 1. The number of hydrogen-bond acceptors (Lipinski definition) is 4. The monoisotopic (exact) mass is 277 g/mol. The summed E-state index contributed by atoms with van der Waals surface area (Å²) in [5.41, 5.74) is 2.05. The molecule has 0 aliphatic carbocycles. The van der Waals surface area contributed by atoms with E-state index in [1.165, 1.54) is 11.3 Å². The molecule has 92 valence electrons. The van der Waals surface area contributed by atoms with Gasteiger partial charge in [-0.25, -0.2) is 4.98 Å². The molecular weight excluding hydrogens is 266 g/mol. The van der Waals surface area contributed by atoms with Gasteiger partial charge in [0.05, 0.1) is 18.5 Å². The van der Waals surface area contributed by atoms with Crippen LogP contribution in [0.4, 0.5) is 5.69 Å². The lowest BCUT2D eigenvalue weighted by atomic mass is 10.0. The van der Waals surface area contributed by atoms with Crippen LogP contribution in [-0.2, 0) is 6.54 Å². The van der Waals surface area contributed by atoms with E-state index in [2.05, 4.69) is 16.4 Å². The summed E-state index contributed by atoms with van der Waals surface area (Å²) in [6.07, 6.45) is 1.77. The van der Waals surface area contributed by atoms with Gasteiger partial charge in [0, 0.05) is 16.8 Å². The van der Waals surface area contributed by atoms with Gasteiger partial charge in [0.2, 0.25) is 0 Å². The Labute approximate surface area is 115 Å². The third-order valence-corrected chi connectivity index (χ3v) is 3.71. The van der Waals surface area contributed by atoms with Crippen molar-refractivity contribution in [3.63, 3.8) is 0 Å². The number of rotatable bonds is 4. The molecule has 1 unspecified atom stereocenters. The molecule has 1 aromatic carbocycles. The summed E-state index contributed by atoms with van der Waals surface area (Å²) in [4.78, 5) is 5.08. The summed E-state index contributed by atoms with van der Waals surface area (Å²) in [5.74, 6) is -0.0700. The van der Waals surface area contributed by atoms with E-state index in [-0.39, 0.29) is 5.92 Å². The number of benzene rings is 1. The molecule has 1 atom stereocenters. The van der Waals surface area contributed by atoms with Crippen molar-refractivity contribution in [2.45, 2.75) is 19.4 Å². The molecule has 0 fully saturated rings. The largest absolute Gasteiger partial charge is 0.380 e. The lowest BCUT2D eigenvalue weighted by Gasteiger charge is -2.07. The molecule has 0 amide bonds. The topological polar surface area (TPSA) is 48.7 Å². The number of thiazole rings is 1. The molecule has 0 saturated carbocycles. The van der Waals surface area contributed by atoms with Crippen LogP contribution in [0.5, 0.6) is 0 Å². The molecule has 1 N–H and O–H groups in total. The van der Waals surface area contributed by atoms with Gasteiger partial charge in [0.15, 0.2) is 4.47 Å². The molecule has 1 aromatic heterocycles. The fourth-order valence-electron chi connectivity index (χ4n) is 1.52. The quantitative estimate of drug-likeness (QED) is 0.918. The summed E-state index contributed by atoms with van der Waals surface area (Å²) < 4.78 is 0.560. The molecule has 0 aliphatic heterocycles. The third kappa shape index (κ3) is 3.22. The van der Waals surface area contributed by atoms with Gasteiger partial charge in [-0.1, -0.05) is 23.7 Å². The number of hydrogen-bond donors (Lipinski definition) is 1. The number of nitrogens with one attached hydrogen (secondary N) is 1. The zero-order valence-electron chi connectivity index (χ0n) is 9.85. The van der Waals surface area contributed by atoms with Crippen LogP contribution in [0.3, 0.4) is 0 Å². The summed E-state index contributed by atoms with van der Waals surface area (Å²) >= 11 is 7.23. The predicted octanol–water partition coefficient (Wildman–Crippen LogP) is 4.04. The SMILES string of the molecule is CC(C#N)c1ccc(NCc2cnc(Cl)s2)cc1. The molecule has 1 heterocycles. The van der Waals surface area contributed by atoms with E-state index < -0.39 is 0 Å². The van der Waals surface area contributed by atoms with Crippen LogP contribution in [0, 0.1) is 11.3 Å². The maximum Gasteiger partial charge on any atom is 0.183 e. The first-order chi connectivity index (χ1) is 8.69. The first-order valence-corrected chi connectivity index (χ1v) is 6.72. The van der Waals surface area contributed by atoms with Crippen molar-refractivity contribution in [1.82, 2.24) is 4.98 Å². The summed E-state index contributed by atoms with van der Waals surface area (Å²) in [7, 11) is 0. The Morgan fingerprint density at radius 1 is 1.44 bits per heavy atom. The highest BCUT2D eigenvalue weighted by atomic mass is 35.5. The van der Waals surface area contributed by atoms with Crippen molar-refractivity contribution in [2.24, 2.45) is 0 Å². The van der Waals surface area contributed by atoms with Crippen LogP contribution in [0.1, 0.15) is 23.3 Å². The van der Waals surface area contributed by atoms with Gasteiger partial charge in [-0.2, -0.15) is 5.26 Å². The average molecular weight is 278 g/mol. The third-order valence-electron chi connectivity index (χ3n) is 2.60. The molecule has 0 radical (unpaired) electrons. The lowest BCUT2D eigenvalue weighted by molar-refractivity contribution is 0.981. The zero-order valence-corrected chi connectivity index (χ0v) is 11.4. The molecule has 5 heteroatoms. The summed E-state index contributed by atoms with van der Waals surface area (Å²) in [5, 5.41) is 12.1. The van der Waals surface area contributed by atoms with Crippen molar-refractivity contribution >= 4 is 28.6 Å². The Hall–Kier alpha value is -1.57. The minimum atomic E-state index is -0.0700. The van der Waals surface area contributed by atoms with Crippen LogP contribution in [0.2, 0.25) is 4.47 Å². The normalized spacial score (nSPS) is 11.8. The zero-order chi connectivity index (χ0) is 13.0. The van der Waals surface area contributed by atoms with Gasteiger partial charge in [0.25, 0.3) is 0 Å². The maximum absolute atomic E-state index is 8.83. The minimum Gasteiger partial charge on any atom is -0.380 e. The summed E-state index contributed by atoms with van der Waals surface area (Å²) in [6.45, 7) is 2.60. The molecule has 3 nitrogen and oxygen atoms in total. The summed E-state index contributed by atoms with van der Waals surface area (Å²) in [6, 6.07) is 10.1. The highest BCUT2D eigenvalue weighted by molar-refractivity contribution is 7.15. The Bertz CT molecular complexity index is 556. The average Bonchev–Trinajstić information content (AvgIpc) is 2.82. The Morgan fingerprint density at radius 2 is 2.17 bits per heavy atom. The van der Waals surface area contributed by atoms with E-state index in [0.29, 0.717) is 11.0 Å². The van der Waals surface area contributed by atoms with Gasteiger partial charge in [-0.3, -0.25) is 0 Å². The molecule has 0 bridgehead atoms. The molecular formula is C13H12ClN3S. The van der Waals surface area contributed by atoms with E-state index in [1.54, 1.807) is 6.20 Å². The Morgan fingerprint density at radius 3 is 2.72 bits per heavy atom. The second-order valence-corrected chi connectivity index (χ2v) is 5.60. The van der Waals surface area contributed by atoms with Crippen LogP contribution in [0.25, 0.3) is 0 Å². The first-order valence-electron chi connectivity index (χ1n) is 5.52. The molecule has 2 aromatic rings. The smallest absolute Gasteiger partial charge is 0.183 e. The van der Waals surface area contributed by atoms with E-state index >= 15 is 0 Å². The fraction of sp³-hybridized carbons (Fsp3) is 0.231. The van der Waals surface area contributed by atoms with Crippen molar-refractivity contribution < 1.29 is 0 Å². The van der Waals surface area contributed by atoms with Gasteiger partial charge >= 0.3 is 0 Å². The fourth-order valence-corrected chi connectivity index (χ4v) is 2.44. The van der Waals surface area contributed by atoms with Crippen molar-refractivity contribution in [2.75, 3.05) is 5.32 Å². The highest BCUT2D eigenvalue weighted by Gasteiger charge is 2.03. The predicted molar refractivity (Wildman–Crippen MR) is 74.9 cm³/mol. The molecule has 0 saturated heterocycles. The minimum absolute atomic E-state index is 0.0700. The second-order valence-electron chi connectivity index (χ2n) is 3.91. The number of halogens is 1. The van der Waals surface area contributed by atoms with Gasteiger partial charge in [-0.05, 0) is 24.6 Å². The molecule has 0 spiro atoms. The number of nitrogens with zero attached hydrogens (tertiary/aromatic N) is 2. The van der Waals surface area contributed by atoms with E-state index in [9.17, 15) is 0 Å². The number of anilines is 1. The molecule has 2 rings (SSSR count). The van der Waals surface area contributed by atoms with E-state index in [1.807, 2.05) is 31.2 Å². The highest BCUT2D eigenvalue weighted by Crippen LogP contribution is 2.20. The van der Waals surface area contributed by atoms with Crippen molar-refractivity contribution in [1.29, 1.82) is 5.26 Å². The molecule has 18 heavy (non-hydrogen) atoms. The van der Waals surface area contributed by atoms with Crippen molar-refractivity contribution in [3.05, 3.63) is 45.4 Å². The first kappa shape index (κ1) is 12.9. The Balaban J connectivity index is 1.96. The van der Waals surface area contributed by atoms with Crippen LogP contribution >= 0.6 is 22.9 Å². The number of nitriles is 1. The van der Waals surface area contributed by atoms with Crippen LogP contribution in [0.15, 0.2) is 30.5 Å². The van der Waals surface area contributed by atoms with Gasteiger partial charge < -0.3 is 5.32 Å². The lowest BCUT2D eigenvalue weighted by Crippen LogP contribution is -1.98. The van der Waals surface area contributed by atoms with E-state index in [4.69, 9.17) is 16.9 Å². The van der Waals surface area contributed by atoms with Crippen LogP contribution in [-0.4, -0.2) is 4.98 Å². The maximum atomic E-state index is 8.83. The van der Waals surface area contributed by atoms with Crippen molar-refractivity contribution in [3.8, 4) is 6.07 Å². The van der Waals surface area contributed by atoms with E-state index in [0.717, 1.165) is 16.1 Å². The standard InChI is InChI=1S/C13H12ClN3S/c1-9(6-15)10-2-4-11(5-3-10)16-7-12-8-17-13(14)18-12/h2-5,8-9,16H,7H2,1H3. The van der Waals surface area contributed by atoms with Gasteiger partial charge in [0.1, 0.15) is 0 Å². The molecule has 0 aliphatic rings. The second kappa shape index (κ2) is 5.85. The van der Waals surface area contributed by atoms with Gasteiger partial charge in [-0.15, -0.1) is 11.3 Å². The van der Waals surface area contributed by atoms with Crippen LogP contribution < -0.4 is 5.32 Å².